The molecule has 0 aliphatic carbocycles. The van der Waals surface area contributed by atoms with E-state index in [0.717, 1.165) is 5.56 Å². The highest BCUT2D eigenvalue weighted by molar-refractivity contribution is 5.77. The zero-order chi connectivity index (χ0) is 18.9. The fraction of sp³-hybridized carbons (Fsp3) is 0.350. The van der Waals surface area contributed by atoms with E-state index in [-0.39, 0.29) is 24.8 Å². The fourth-order valence-corrected chi connectivity index (χ4v) is 2.59. The monoisotopic (exact) mass is 360 g/mol. The van der Waals surface area contributed by atoms with E-state index in [1.165, 1.54) is 6.07 Å². The number of methoxy groups -OCH3 is 1. The summed E-state index contributed by atoms with van der Waals surface area (Å²) < 4.78 is 24.4. The number of halogens is 1. The predicted molar refractivity (Wildman–Crippen MR) is 98.7 cm³/mol. The maximum atomic E-state index is 13.6. The smallest absolute Gasteiger partial charge is 0.234 e. The molecule has 5 nitrogen and oxygen atoms in total. The number of likely N-dealkylation sites (N-methyl/N-ethyl adjacent to an activating group) is 1. The molecule has 1 N–H and O–H groups in total. The topological polar surface area (TPSA) is 50.8 Å². The Morgan fingerprint density at radius 1 is 1.19 bits per heavy atom. The first-order valence-corrected chi connectivity index (χ1v) is 8.51. The van der Waals surface area contributed by atoms with Gasteiger partial charge in [-0.3, -0.25) is 9.69 Å². The summed E-state index contributed by atoms with van der Waals surface area (Å²) in [6.45, 7) is 3.45. The van der Waals surface area contributed by atoms with E-state index in [1.54, 1.807) is 25.3 Å². The Morgan fingerprint density at radius 3 is 2.65 bits per heavy atom. The van der Waals surface area contributed by atoms with E-state index in [2.05, 4.69) is 5.32 Å². The van der Waals surface area contributed by atoms with E-state index in [0.29, 0.717) is 30.2 Å². The molecule has 2 aromatic carbocycles. The summed E-state index contributed by atoms with van der Waals surface area (Å²) in [4.78, 5) is 14.0. The lowest BCUT2D eigenvalue weighted by atomic mass is 10.2. The lowest BCUT2D eigenvalue weighted by Crippen LogP contribution is -2.34. The quantitative estimate of drug-likeness (QED) is 0.747. The van der Waals surface area contributed by atoms with Gasteiger partial charge in [-0.1, -0.05) is 24.3 Å². The first-order valence-electron chi connectivity index (χ1n) is 8.51. The number of ether oxygens (including phenoxy) is 2. The summed E-state index contributed by atoms with van der Waals surface area (Å²) in [5.41, 5.74) is 1.48. The largest absolute Gasteiger partial charge is 0.493 e. The van der Waals surface area contributed by atoms with Gasteiger partial charge in [0.15, 0.2) is 11.5 Å². The number of hydrogen-bond acceptors (Lipinski definition) is 4. The molecule has 140 valence electrons. The molecule has 26 heavy (non-hydrogen) atoms. The SMILES string of the molecule is CCOc1ccc(CN(C)CC(=O)NCc2ccccc2F)cc1OC. The summed E-state index contributed by atoms with van der Waals surface area (Å²) >= 11 is 0. The normalized spacial score (nSPS) is 10.7. The molecule has 2 aromatic rings. The third-order valence-corrected chi connectivity index (χ3v) is 3.83. The number of nitrogens with one attached hydrogen (secondary N) is 1. The second-order valence-corrected chi connectivity index (χ2v) is 5.96. The van der Waals surface area contributed by atoms with Crippen LogP contribution in [0.2, 0.25) is 0 Å². The summed E-state index contributed by atoms with van der Waals surface area (Å²) in [6.07, 6.45) is 0. The first kappa shape index (κ1) is 19.7. The van der Waals surface area contributed by atoms with Crippen molar-refractivity contribution in [3.8, 4) is 11.5 Å². The van der Waals surface area contributed by atoms with Crippen LogP contribution in [0, 0.1) is 5.82 Å². The number of benzene rings is 2. The molecule has 0 saturated heterocycles. The number of amides is 1. The Bertz CT molecular complexity index is 737. The molecular formula is C20H25FN2O3. The number of carbonyl (C=O) groups is 1. The highest BCUT2D eigenvalue weighted by Crippen LogP contribution is 2.28. The van der Waals surface area contributed by atoms with Crippen molar-refractivity contribution in [2.24, 2.45) is 0 Å². The molecule has 0 saturated carbocycles. The van der Waals surface area contributed by atoms with Crippen molar-refractivity contribution in [1.29, 1.82) is 0 Å². The molecule has 1 amide bonds. The van der Waals surface area contributed by atoms with Crippen LogP contribution >= 0.6 is 0 Å². The maximum Gasteiger partial charge on any atom is 0.234 e. The number of carbonyl (C=O) groups excluding carboxylic acids is 1. The number of rotatable bonds is 9. The zero-order valence-electron chi connectivity index (χ0n) is 15.4. The summed E-state index contributed by atoms with van der Waals surface area (Å²) in [7, 11) is 3.45. The van der Waals surface area contributed by atoms with Crippen molar-refractivity contribution >= 4 is 5.91 Å². The van der Waals surface area contributed by atoms with Gasteiger partial charge in [0.1, 0.15) is 5.82 Å². The van der Waals surface area contributed by atoms with Crippen molar-refractivity contribution < 1.29 is 18.7 Å². The molecule has 2 rings (SSSR count). The number of nitrogens with zero attached hydrogens (tertiary/aromatic N) is 1. The van der Waals surface area contributed by atoms with Crippen molar-refractivity contribution in [2.75, 3.05) is 27.3 Å². The predicted octanol–water partition coefficient (Wildman–Crippen LogP) is 2.98. The molecule has 0 aliphatic rings. The molecule has 0 heterocycles. The van der Waals surface area contributed by atoms with Gasteiger partial charge in [0.05, 0.1) is 20.3 Å². The van der Waals surface area contributed by atoms with Gasteiger partial charge in [-0.25, -0.2) is 4.39 Å². The minimum atomic E-state index is -0.317. The lowest BCUT2D eigenvalue weighted by molar-refractivity contribution is -0.122. The Kier molecular flexibility index (Phi) is 7.41. The second kappa shape index (κ2) is 9.77. The van der Waals surface area contributed by atoms with Crippen molar-refractivity contribution in [2.45, 2.75) is 20.0 Å². The van der Waals surface area contributed by atoms with E-state index >= 15 is 0 Å². The van der Waals surface area contributed by atoms with E-state index in [9.17, 15) is 9.18 Å². The van der Waals surface area contributed by atoms with Crippen molar-refractivity contribution in [1.82, 2.24) is 10.2 Å². The summed E-state index contributed by atoms with van der Waals surface area (Å²) in [6, 6.07) is 12.1. The van der Waals surface area contributed by atoms with Crippen LogP contribution in [-0.4, -0.2) is 38.1 Å². The van der Waals surface area contributed by atoms with Gasteiger partial charge in [0, 0.05) is 18.7 Å². The lowest BCUT2D eigenvalue weighted by Gasteiger charge is -2.18. The third-order valence-electron chi connectivity index (χ3n) is 3.83. The van der Waals surface area contributed by atoms with Gasteiger partial charge in [0.25, 0.3) is 0 Å². The van der Waals surface area contributed by atoms with Crippen molar-refractivity contribution in [3.63, 3.8) is 0 Å². The highest BCUT2D eigenvalue weighted by Gasteiger charge is 2.10. The van der Waals surface area contributed by atoms with Crippen molar-refractivity contribution in [3.05, 3.63) is 59.4 Å². The standard InChI is InChI=1S/C20H25FN2O3/c1-4-26-18-10-9-15(11-19(18)25-3)13-23(2)14-20(24)22-12-16-7-5-6-8-17(16)21/h5-11H,4,12-14H2,1-3H3,(H,22,24). The first-order chi connectivity index (χ1) is 12.5. The third kappa shape index (κ3) is 5.74. The molecule has 0 atom stereocenters. The Labute approximate surface area is 153 Å². The van der Waals surface area contributed by atoms with E-state index in [1.807, 2.05) is 37.1 Å². The molecule has 0 radical (unpaired) electrons. The Balaban J connectivity index is 1.86. The molecule has 0 fully saturated rings. The fourth-order valence-electron chi connectivity index (χ4n) is 2.59. The molecule has 0 aliphatic heterocycles. The molecule has 6 heteroatoms. The minimum Gasteiger partial charge on any atom is -0.493 e. The van der Waals surface area contributed by atoms with Crippen LogP contribution in [0.15, 0.2) is 42.5 Å². The van der Waals surface area contributed by atoms with Gasteiger partial charge in [0.2, 0.25) is 5.91 Å². The average Bonchev–Trinajstić information content (AvgIpc) is 2.62. The van der Waals surface area contributed by atoms with Gasteiger partial charge in [-0.2, -0.15) is 0 Å². The minimum absolute atomic E-state index is 0.159. The van der Waals surface area contributed by atoms with E-state index in [4.69, 9.17) is 9.47 Å². The van der Waals surface area contributed by atoms with Crippen LogP contribution in [0.1, 0.15) is 18.1 Å². The van der Waals surface area contributed by atoms with Gasteiger partial charge >= 0.3 is 0 Å². The molecule has 0 unspecified atom stereocenters. The second-order valence-electron chi connectivity index (χ2n) is 5.96. The van der Waals surface area contributed by atoms with Crippen LogP contribution in [-0.2, 0) is 17.9 Å². The summed E-state index contributed by atoms with van der Waals surface area (Å²) in [5, 5.41) is 2.74. The van der Waals surface area contributed by atoms with Gasteiger partial charge < -0.3 is 14.8 Å². The van der Waals surface area contributed by atoms with Crippen LogP contribution < -0.4 is 14.8 Å². The maximum absolute atomic E-state index is 13.6. The molecule has 0 spiro atoms. The van der Waals surface area contributed by atoms with Crippen LogP contribution in [0.5, 0.6) is 11.5 Å². The summed E-state index contributed by atoms with van der Waals surface area (Å²) in [5.74, 6) is 0.891. The molecular weight excluding hydrogens is 335 g/mol. The van der Waals surface area contributed by atoms with Gasteiger partial charge in [-0.05, 0) is 37.7 Å². The zero-order valence-corrected chi connectivity index (χ0v) is 15.4. The Hall–Kier alpha value is -2.60. The van der Waals surface area contributed by atoms with Crippen LogP contribution in [0.3, 0.4) is 0 Å². The average molecular weight is 360 g/mol. The van der Waals surface area contributed by atoms with Crippen LogP contribution in [0.4, 0.5) is 4.39 Å². The molecule has 0 aromatic heterocycles. The highest BCUT2D eigenvalue weighted by atomic mass is 19.1. The molecule has 0 bridgehead atoms. The number of hydrogen-bond donors (Lipinski definition) is 1. The van der Waals surface area contributed by atoms with E-state index < -0.39 is 0 Å². The van der Waals surface area contributed by atoms with Crippen LogP contribution in [0.25, 0.3) is 0 Å². The Morgan fingerprint density at radius 2 is 1.96 bits per heavy atom. The van der Waals surface area contributed by atoms with Gasteiger partial charge in [-0.15, -0.1) is 0 Å².